The first-order valence-corrected chi connectivity index (χ1v) is 6.41. The minimum Gasteiger partial charge on any atom is -0.457 e. The Morgan fingerprint density at radius 3 is 2.50 bits per heavy atom. The van der Waals surface area contributed by atoms with Crippen LogP contribution in [0.15, 0.2) is 54.6 Å². The van der Waals surface area contributed by atoms with Gasteiger partial charge in [-0.3, -0.25) is 4.57 Å². The van der Waals surface area contributed by atoms with E-state index < -0.39 is 0 Å². The molecule has 0 aliphatic heterocycles. The molecule has 6 heteroatoms. The molecule has 20 heavy (non-hydrogen) atoms. The summed E-state index contributed by atoms with van der Waals surface area (Å²) in [7, 11) is 0. The second-order valence-corrected chi connectivity index (χ2v) is 4.52. The molecule has 0 radical (unpaired) electrons. The molecule has 0 spiro atoms. The molecule has 100 valence electrons. The van der Waals surface area contributed by atoms with E-state index in [0.29, 0.717) is 16.5 Å². The average Bonchev–Trinajstić information content (AvgIpc) is 2.80. The first-order chi connectivity index (χ1) is 9.74. The first-order valence-electron chi connectivity index (χ1n) is 6.00. The fourth-order valence-electron chi connectivity index (χ4n) is 1.87. The molecule has 0 aliphatic carbocycles. The molecule has 1 aromatic heterocycles. The summed E-state index contributed by atoms with van der Waals surface area (Å²) in [6, 6.07) is 17.1. The smallest absolute Gasteiger partial charge is 0.225 e. The summed E-state index contributed by atoms with van der Waals surface area (Å²) in [5.41, 5.74) is 6.59. The molecule has 0 aliphatic rings. The Kier molecular flexibility index (Phi) is 3.22. The number of hydrogen-bond acceptors (Lipinski definition) is 4. The Morgan fingerprint density at radius 2 is 1.80 bits per heavy atom. The summed E-state index contributed by atoms with van der Waals surface area (Å²) in [5.74, 6) is 1.79. The summed E-state index contributed by atoms with van der Waals surface area (Å²) in [6.45, 7) is 0. The van der Waals surface area contributed by atoms with Crippen molar-refractivity contribution in [3.8, 4) is 17.2 Å². The van der Waals surface area contributed by atoms with Gasteiger partial charge in [0.1, 0.15) is 11.5 Å². The van der Waals surface area contributed by atoms with Gasteiger partial charge in [0.05, 0.1) is 5.69 Å². The minimum absolute atomic E-state index is 0.312. The summed E-state index contributed by atoms with van der Waals surface area (Å²) in [5, 5.41) is 6.54. The van der Waals surface area contributed by atoms with E-state index in [9.17, 15) is 0 Å². The van der Waals surface area contributed by atoms with Crippen molar-refractivity contribution in [3.63, 3.8) is 0 Å². The third-order valence-electron chi connectivity index (χ3n) is 2.75. The number of nitrogens with two attached hydrogens (primary N) is 1. The highest BCUT2D eigenvalue weighted by atomic mass is 32.1. The van der Waals surface area contributed by atoms with Crippen molar-refractivity contribution < 1.29 is 4.74 Å². The third-order valence-corrected chi connectivity index (χ3v) is 3.03. The van der Waals surface area contributed by atoms with Gasteiger partial charge < -0.3 is 10.5 Å². The lowest BCUT2D eigenvalue weighted by Crippen LogP contribution is -2.00. The van der Waals surface area contributed by atoms with E-state index in [0.717, 1.165) is 11.4 Å². The summed E-state index contributed by atoms with van der Waals surface area (Å²) in [4.78, 5) is 0. The highest BCUT2D eigenvalue weighted by Gasteiger charge is 2.06. The highest BCUT2D eigenvalue weighted by molar-refractivity contribution is 7.71. The lowest BCUT2D eigenvalue weighted by molar-refractivity contribution is 0.482. The lowest BCUT2D eigenvalue weighted by Gasteiger charge is -2.08. The van der Waals surface area contributed by atoms with E-state index in [1.54, 1.807) is 4.57 Å². The number of nitrogen functional groups attached to an aromatic ring is 1. The van der Waals surface area contributed by atoms with E-state index in [2.05, 4.69) is 10.2 Å². The number of benzene rings is 2. The number of ether oxygens (including phenoxy) is 1. The van der Waals surface area contributed by atoms with Crippen LogP contribution in [-0.2, 0) is 0 Å². The molecule has 0 saturated heterocycles. The highest BCUT2D eigenvalue weighted by Crippen LogP contribution is 2.24. The van der Waals surface area contributed by atoms with Gasteiger partial charge in [-0.05, 0) is 36.5 Å². The topological polar surface area (TPSA) is 68.9 Å². The van der Waals surface area contributed by atoms with Gasteiger partial charge in [-0.1, -0.05) is 24.3 Å². The van der Waals surface area contributed by atoms with Crippen molar-refractivity contribution in [2.75, 3.05) is 5.73 Å². The molecule has 3 aromatic rings. The third kappa shape index (κ3) is 2.41. The Bertz CT molecular complexity index is 779. The molecule has 0 atom stereocenters. The number of nitrogens with zero attached hydrogens (tertiary/aromatic N) is 2. The number of hydrogen-bond donors (Lipinski definition) is 2. The van der Waals surface area contributed by atoms with Gasteiger partial charge in [-0.15, -0.1) is 5.10 Å². The maximum Gasteiger partial charge on any atom is 0.225 e. The number of para-hydroxylation sites is 1. The predicted molar refractivity (Wildman–Crippen MR) is 79.7 cm³/mol. The molecule has 0 bridgehead atoms. The number of rotatable bonds is 3. The number of anilines is 1. The van der Waals surface area contributed by atoms with Crippen LogP contribution >= 0.6 is 12.2 Å². The zero-order valence-corrected chi connectivity index (χ0v) is 11.3. The second-order valence-electron chi connectivity index (χ2n) is 4.13. The first kappa shape index (κ1) is 12.4. The van der Waals surface area contributed by atoms with Crippen LogP contribution in [0.25, 0.3) is 5.69 Å². The van der Waals surface area contributed by atoms with Crippen molar-refractivity contribution in [2.24, 2.45) is 0 Å². The van der Waals surface area contributed by atoms with Gasteiger partial charge in [-0.25, -0.2) is 5.10 Å². The Balaban J connectivity index is 1.96. The van der Waals surface area contributed by atoms with Crippen LogP contribution in [0.2, 0.25) is 0 Å². The van der Waals surface area contributed by atoms with Gasteiger partial charge in [0.15, 0.2) is 0 Å². The number of aromatic amines is 1. The maximum absolute atomic E-state index is 5.79. The lowest BCUT2D eigenvalue weighted by atomic mass is 10.3. The zero-order valence-electron chi connectivity index (χ0n) is 10.5. The normalized spacial score (nSPS) is 10.4. The molecule has 0 fully saturated rings. The zero-order chi connectivity index (χ0) is 13.9. The van der Waals surface area contributed by atoms with Crippen molar-refractivity contribution in [3.05, 3.63) is 59.4 Å². The Labute approximate surface area is 120 Å². The van der Waals surface area contributed by atoms with Gasteiger partial charge in [0, 0.05) is 6.07 Å². The largest absolute Gasteiger partial charge is 0.457 e. The fraction of sp³-hybridized carbons (Fsp3) is 0. The molecular weight excluding hydrogens is 272 g/mol. The fourth-order valence-corrected chi connectivity index (χ4v) is 2.11. The molecule has 3 rings (SSSR count). The maximum atomic E-state index is 5.79. The molecular formula is C14H12N4OS. The molecule has 3 N–H and O–H groups in total. The van der Waals surface area contributed by atoms with E-state index in [4.69, 9.17) is 22.7 Å². The van der Waals surface area contributed by atoms with Crippen molar-refractivity contribution in [2.45, 2.75) is 0 Å². The van der Waals surface area contributed by atoms with Crippen LogP contribution in [0.1, 0.15) is 0 Å². The van der Waals surface area contributed by atoms with Gasteiger partial charge >= 0.3 is 0 Å². The number of nitrogens with one attached hydrogen (secondary N) is 1. The second kappa shape index (κ2) is 5.18. The minimum atomic E-state index is 0.312. The molecule has 0 unspecified atom stereocenters. The summed E-state index contributed by atoms with van der Waals surface area (Å²) < 4.78 is 7.87. The van der Waals surface area contributed by atoms with Crippen LogP contribution in [0.4, 0.5) is 5.95 Å². The van der Waals surface area contributed by atoms with E-state index in [-0.39, 0.29) is 0 Å². The van der Waals surface area contributed by atoms with Crippen LogP contribution in [0.5, 0.6) is 11.5 Å². The Hall–Kier alpha value is -2.60. The van der Waals surface area contributed by atoms with Crippen LogP contribution in [0, 0.1) is 4.77 Å². The van der Waals surface area contributed by atoms with Crippen LogP contribution < -0.4 is 10.5 Å². The Morgan fingerprint density at radius 1 is 1.05 bits per heavy atom. The molecule has 5 nitrogen and oxygen atoms in total. The van der Waals surface area contributed by atoms with Crippen molar-refractivity contribution in [1.82, 2.24) is 14.8 Å². The molecule has 0 amide bonds. The molecule has 2 aromatic carbocycles. The monoisotopic (exact) mass is 284 g/mol. The number of H-pyrrole nitrogens is 1. The summed E-state index contributed by atoms with van der Waals surface area (Å²) in [6.07, 6.45) is 0. The van der Waals surface area contributed by atoms with Gasteiger partial charge in [-0.2, -0.15) is 0 Å². The van der Waals surface area contributed by atoms with Crippen LogP contribution in [0.3, 0.4) is 0 Å². The van der Waals surface area contributed by atoms with Crippen molar-refractivity contribution in [1.29, 1.82) is 0 Å². The summed E-state index contributed by atoms with van der Waals surface area (Å²) >= 11 is 5.15. The van der Waals surface area contributed by atoms with Gasteiger partial charge in [0.25, 0.3) is 0 Å². The van der Waals surface area contributed by atoms with Crippen molar-refractivity contribution >= 4 is 18.2 Å². The predicted octanol–water partition coefficient (Wildman–Crippen LogP) is 3.30. The molecule has 1 heterocycles. The van der Waals surface area contributed by atoms with Crippen LogP contribution in [-0.4, -0.2) is 14.8 Å². The van der Waals surface area contributed by atoms with Gasteiger partial charge in [0.2, 0.25) is 10.7 Å². The van der Waals surface area contributed by atoms with E-state index >= 15 is 0 Å². The quantitative estimate of drug-likeness (QED) is 0.724. The number of aromatic nitrogens is 3. The SMILES string of the molecule is Nc1n[nH]c(=S)n1-c1cccc(Oc2ccccc2)c1. The van der Waals surface area contributed by atoms with E-state index in [1.807, 2.05) is 54.6 Å². The average molecular weight is 284 g/mol. The van der Waals surface area contributed by atoms with E-state index in [1.165, 1.54) is 0 Å². The molecule has 0 saturated carbocycles. The standard InChI is InChI=1S/C14H12N4OS/c15-13-16-17-14(20)18(13)10-5-4-8-12(9-10)19-11-6-2-1-3-7-11/h1-9H,(H2,15,16)(H,17,20).